The smallest absolute Gasteiger partial charge is 0.119 e. The van der Waals surface area contributed by atoms with Crippen molar-refractivity contribution >= 4 is 15.9 Å². The molecule has 3 nitrogen and oxygen atoms in total. The third-order valence-electron chi connectivity index (χ3n) is 2.92. The molecular formula is C15H17BrN2O. The van der Waals surface area contributed by atoms with Crippen LogP contribution in [0.1, 0.15) is 30.5 Å². The molecule has 0 aliphatic rings. The summed E-state index contributed by atoms with van der Waals surface area (Å²) in [6, 6.07) is 10.0. The quantitative estimate of drug-likeness (QED) is 0.910. The standard InChI is InChI=1S/C15H17BrN2O/c1-2-15(17)12-3-5-14(6-4-12)19-10-11-7-13(16)9-18-8-11/h3-9,15H,2,10,17H2,1H3/t15-/m1/s1. The largest absolute Gasteiger partial charge is 0.489 e. The van der Waals surface area contributed by atoms with E-state index in [4.69, 9.17) is 10.5 Å². The summed E-state index contributed by atoms with van der Waals surface area (Å²) in [7, 11) is 0. The Morgan fingerprint density at radius 2 is 2.00 bits per heavy atom. The Bertz CT molecular complexity index is 528. The molecule has 0 aliphatic carbocycles. The van der Waals surface area contributed by atoms with Gasteiger partial charge in [0.1, 0.15) is 12.4 Å². The van der Waals surface area contributed by atoms with E-state index in [2.05, 4.69) is 27.8 Å². The van der Waals surface area contributed by atoms with Gasteiger partial charge in [-0.3, -0.25) is 4.98 Å². The highest BCUT2D eigenvalue weighted by Crippen LogP contribution is 2.19. The molecule has 2 rings (SSSR count). The highest BCUT2D eigenvalue weighted by Gasteiger charge is 2.03. The average Bonchev–Trinajstić information content (AvgIpc) is 2.45. The van der Waals surface area contributed by atoms with Crippen LogP contribution in [0, 0.1) is 0 Å². The molecule has 0 saturated carbocycles. The fourth-order valence-electron chi connectivity index (χ4n) is 1.75. The maximum atomic E-state index is 5.97. The monoisotopic (exact) mass is 320 g/mol. The summed E-state index contributed by atoms with van der Waals surface area (Å²) in [6.07, 6.45) is 4.49. The molecular weight excluding hydrogens is 304 g/mol. The molecule has 19 heavy (non-hydrogen) atoms. The topological polar surface area (TPSA) is 48.1 Å². The lowest BCUT2D eigenvalue weighted by Gasteiger charge is -2.11. The second-order valence-electron chi connectivity index (χ2n) is 4.38. The molecule has 0 unspecified atom stereocenters. The van der Waals surface area contributed by atoms with Gasteiger partial charge in [0.2, 0.25) is 0 Å². The molecule has 1 aromatic heterocycles. The van der Waals surface area contributed by atoms with Crippen LogP contribution in [0.5, 0.6) is 5.75 Å². The van der Waals surface area contributed by atoms with Crippen LogP contribution in [0.3, 0.4) is 0 Å². The van der Waals surface area contributed by atoms with Gasteiger partial charge in [-0.2, -0.15) is 0 Å². The predicted octanol–water partition coefficient (Wildman–Crippen LogP) is 3.83. The number of halogens is 1. The average molecular weight is 321 g/mol. The van der Waals surface area contributed by atoms with Gasteiger partial charge in [-0.15, -0.1) is 0 Å². The summed E-state index contributed by atoms with van der Waals surface area (Å²) in [5, 5.41) is 0. The minimum Gasteiger partial charge on any atom is -0.489 e. The zero-order valence-electron chi connectivity index (χ0n) is 10.8. The van der Waals surface area contributed by atoms with Gasteiger partial charge in [0.25, 0.3) is 0 Å². The highest BCUT2D eigenvalue weighted by atomic mass is 79.9. The summed E-state index contributed by atoms with van der Waals surface area (Å²) in [5.74, 6) is 0.840. The van der Waals surface area contributed by atoms with Crippen LogP contribution < -0.4 is 10.5 Å². The van der Waals surface area contributed by atoms with Gasteiger partial charge < -0.3 is 10.5 Å². The van der Waals surface area contributed by atoms with Crippen LogP contribution in [0.4, 0.5) is 0 Å². The molecule has 0 saturated heterocycles. The number of benzene rings is 1. The van der Waals surface area contributed by atoms with Gasteiger partial charge >= 0.3 is 0 Å². The van der Waals surface area contributed by atoms with Crippen molar-refractivity contribution in [1.82, 2.24) is 4.98 Å². The fourth-order valence-corrected chi connectivity index (χ4v) is 2.16. The van der Waals surface area contributed by atoms with Crippen molar-refractivity contribution in [3.05, 3.63) is 58.3 Å². The van der Waals surface area contributed by atoms with E-state index in [1.165, 1.54) is 0 Å². The van der Waals surface area contributed by atoms with Gasteiger partial charge in [-0.25, -0.2) is 0 Å². The van der Waals surface area contributed by atoms with Gasteiger partial charge in [-0.05, 0) is 46.1 Å². The molecule has 4 heteroatoms. The number of rotatable bonds is 5. The molecule has 1 heterocycles. The van der Waals surface area contributed by atoms with E-state index in [1.54, 1.807) is 12.4 Å². The zero-order chi connectivity index (χ0) is 13.7. The van der Waals surface area contributed by atoms with Crippen molar-refractivity contribution in [3.8, 4) is 5.75 Å². The maximum Gasteiger partial charge on any atom is 0.119 e. The number of pyridine rings is 1. The van der Waals surface area contributed by atoms with Crippen LogP contribution in [0.2, 0.25) is 0 Å². The lowest BCUT2D eigenvalue weighted by molar-refractivity contribution is 0.305. The van der Waals surface area contributed by atoms with Gasteiger partial charge in [0.05, 0.1) is 0 Å². The summed E-state index contributed by atoms with van der Waals surface area (Å²) >= 11 is 3.39. The first-order valence-corrected chi connectivity index (χ1v) is 7.06. The van der Waals surface area contributed by atoms with Crippen molar-refractivity contribution in [1.29, 1.82) is 0 Å². The predicted molar refractivity (Wildman–Crippen MR) is 79.9 cm³/mol. The van der Waals surface area contributed by atoms with Gasteiger partial charge in [0.15, 0.2) is 0 Å². The van der Waals surface area contributed by atoms with Crippen molar-refractivity contribution in [3.63, 3.8) is 0 Å². The van der Waals surface area contributed by atoms with Crippen molar-refractivity contribution in [2.75, 3.05) is 0 Å². The summed E-state index contributed by atoms with van der Waals surface area (Å²) in [5.41, 5.74) is 8.14. The van der Waals surface area contributed by atoms with E-state index in [-0.39, 0.29) is 6.04 Å². The number of nitrogens with zero attached hydrogens (tertiary/aromatic N) is 1. The molecule has 1 atom stereocenters. The van der Waals surface area contributed by atoms with Gasteiger partial charge in [0, 0.05) is 28.5 Å². The molecule has 0 radical (unpaired) electrons. The molecule has 100 valence electrons. The number of hydrogen-bond donors (Lipinski definition) is 1. The second-order valence-corrected chi connectivity index (χ2v) is 5.30. The SMILES string of the molecule is CC[C@@H](N)c1ccc(OCc2cncc(Br)c2)cc1. The Balaban J connectivity index is 1.96. The van der Waals surface area contributed by atoms with E-state index < -0.39 is 0 Å². The van der Waals surface area contributed by atoms with Crippen LogP contribution >= 0.6 is 15.9 Å². The molecule has 0 bridgehead atoms. The first-order valence-electron chi connectivity index (χ1n) is 6.27. The Morgan fingerprint density at radius 3 is 2.63 bits per heavy atom. The second kappa shape index (κ2) is 6.68. The lowest BCUT2D eigenvalue weighted by atomic mass is 10.1. The third kappa shape index (κ3) is 4.04. The molecule has 0 spiro atoms. The van der Waals surface area contributed by atoms with E-state index in [0.29, 0.717) is 6.61 Å². The third-order valence-corrected chi connectivity index (χ3v) is 3.35. The van der Waals surface area contributed by atoms with Crippen molar-refractivity contribution in [2.45, 2.75) is 26.0 Å². The van der Waals surface area contributed by atoms with Crippen LogP contribution in [0.25, 0.3) is 0 Å². The Labute approximate surface area is 121 Å². The van der Waals surface area contributed by atoms with Crippen molar-refractivity contribution < 1.29 is 4.74 Å². The van der Waals surface area contributed by atoms with E-state index in [0.717, 1.165) is 27.8 Å². The molecule has 1 aromatic carbocycles. The lowest BCUT2D eigenvalue weighted by Crippen LogP contribution is -2.08. The van der Waals surface area contributed by atoms with E-state index >= 15 is 0 Å². The van der Waals surface area contributed by atoms with Gasteiger partial charge in [-0.1, -0.05) is 19.1 Å². The minimum absolute atomic E-state index is 0.100. The fraction of sp³-hybridized carbons (Fsp3) is 0.267. The van der Waals surface area contributed by atoms with Crippen molar-refractivity contribution in [2.24, 2.45) is 5.73 Å². The summed E-state index contributed by atoms with van der Waals surface area (Å²) < 4.78 is 6.67. The molecule has 0 fully saturated rings. The van der Waals surface area contributed by atoms with E-state index in [1.807, 2.05) is 30.3 Å². The molecule has 2 aromatic rings. The maximum absolute atomic E-state index is 5.97. The van der Waals surface area contributed by atoms with Crippen LogP contribution in [-0.4, -0.2) is 4.98 Å². The first kappa shape index (κ1) is 14.0. The molecule has 2 N–H and O–H groups in total. The molecule has 0 aliphatic heterocycles. The summed E-state index contributed by atoms with van der Waals surface area (Å²) in [6.45, 7) is 2.58. The van der Waals surface area contributed by atoms with Crippen LogP contribution in [-0.2, 0) is 6.61 Å². The number of aromatic nitrogens is 1. The number of hydrogen-bond acceptors (Lipinski definition) is 3. The zero-order valence-corrected chi connectivity index (χ0v) is 12.4. The number of nitrogens with two attached hydrogens (primary N) is 1. The van der Waals surface area contributed by atoms with E-state index in [9.17, 15) is 0 Å². The Morgan fingerprint density at radius 1 is 1.26 bits per heavy atom. The Hall–Kier alpha value is -1.39. The number of ether oxygens (including phenoxy) is 1. The normalized spacial score (nSPS) is 12.2. The highest BCUT2D eigenvalue weighted by molar-refractivity contribution is 9.10. The molecule has 0 amide bonds. The minimum atomic E-state index is 0.100. The first-order chi connectivity index (χ1) is 9.19. The van der Waals surface area contributed by atoms with Crippen LogP contribution in [0.15, 0.2) is 47.2 Å². The summed E-state index contributed by atoms with van der Waals surface area (Å²) in [4.78, 5) is 4.10. The Kier molecular flexibility index (Phi) is 4.93.